The van der Waals surface area contributed by atoms with E-state index in [2.05, 4.69) is 5.32 Å². The zero-order valence-electron chi connectivity index (χ0n) is 12.6. The molecular formula is C17H18N2O3. The van der Waals surface area contributed by atoms with Gasteiger partial charge in [-0.15, -0.1) is 0 Å². The highest BCUT2D eigenvalue weighted by Crippen LogP contribution is 2.38. The van der Waals surface area contributed by atoms with Gasteiger partial charge in [-0.2, -0.15) is 0 Å². The standard InChI is InChI=1S/C17H18N2O3/c1-11(16(20)18-9-10-22-2)19-14-8-4-6-12-5-3-7-13(15(12)14)17(19)21/h3-8,11H,9-10H2,1-2H3,(H,18,20). The fourth-order valence-electron chi connectivity index (χ4n) is 2.87. The fourth-order valence-corrected chi connectivity index (χ4v) is 2.87. The van der Waals surface area contributed by atoms with Crippen LogP contribution >= 0.6 is 0 Å². The van der Waals surface area contributed by atoms with E-state index in [-0.39, 0.29) is 11.8 Å². The Hall–Kier alpha value is -2.40. The van der Waals surface area contributed by atoms with Crippen molar-refractivity contribution >= 4 is 28.3 Å². The lowest BCUT2D eigenvalue weighted by atomic mass is 10.1. The molecule has 1 unspecified atom stereocenters. The van der Waals surface area contributed by atoms with E-state index in [9.17, 15) is 9.59 Å². The molecule has 0 saturated heterocycles. The topological polar surface area (TPSA) is 58.6 Å². The van der Waals surface area contributed by atoms with Crippen LogP contribution in [0.3, 0.4) is 0 Å². The van der Waals surface area contributed by atoms with E-state index in [1.165, 1.54) is 0 Å². The van der Waals surface area contributed by atoms with Crippen molar-refractivity contribution in [3.63, 3.8) is 0 Å². The van der Waals surface area contributed by atoms with Crippen LogP contribution in [0.15, 0.2) is 36.4 Å². The molecule has 3 rings (SSSR count). The molecule has 0 aliphatic carbocycles. The minimum absolute atomic E-state index is 0.124. The Kier molecular flexibility index (Phi) is 3.81. The summed E-state index contributed by atoms with van der Waals surface area (Å²) < 4.78 is 4.92. The summed E-state index contributed by atoms with van der Waals surface area (Å²) in [5, 5.41) is 4.72. The highest BCUT2D eigenvalue weighted by Gasteiger charge is 2.35. The SMILES string of the molecule is COCCNC(=O)C(C)N1C(=O)c2cccc3cccc1c23. The second kappa shape index (κ2) is 5.77. The first-order valence-electron chi connectivity index (χ1n) is 7.27. The molecule has 1 aliphatic rings. The van der Waals surface area contributed by atoms with Crippen LogP contribution < -0.4 is 10.2 Å². The molecule has 0 aromatic heterocycles. The van der Waals surface area contributed by atoms with Crippen LogP contribution in [0.2, 0.25) is 0 Å². The van der Waals surface area contributed by atoms with E-state index in [4.69, 9.17) is 4.74 Å². The molecule has 5 nitrogen and oxygen atoms in total. The molecule has 1 aliphatic heterocycles. The van der Waals surface area contributed by atoms with Crippen LogP contribution in [0.1, 0.15) is 17.3 Å². The summed E-state index contributed by atoms with van der Waals surface area (Å²) in [5.74, 6) is -0.309. The van der Waals surface area contributed by atoms with Crippen LogP contribution in [0, 0.1) is 0 Å². The molecule has 114 valence electrons. The van der Waals surface area contributed by atoms with Gasteiger partial charge in [0.1, 0.15) is 6.04 Å². The van der Waals surface area contributed by atoms with Gasteiger partial charge in [0.25, 0.3) is 5.91 Å². The third-order valence-electron chi connectivity index (χ3n) is 3.96. The summed E-state index contributed by atoms with van der Waals surface area (Å²) in [6.45, 7) is 2.62. The molecule has 1 atom stereocenters. The molecule has 2 aromatic carbocycles. The number of nitrogens with zero attached hydrogens (tertiary/aromatic N) is 1. The van der Waals surface area contributed by atoms with Crippen LogP contribution in [0.4, 0.5) is 5.69 Å². The van der Waals surface area contributed by atoms with Gasteiger partial charge in [-0.25, -0.2) is 0 Å². The van der Waals surface area contributed by atoms with Gasteiger partial charge >= 0.3 is 0 Å². The zero-order chi connectivity index (χ0) is 15.7. The van der Waals surface area contributed by atoms with Gasteiger partial charge in [0.05, 0.1) is 12.3 Å². The molecule has 2 aromatic rings. The van der Waals surface area contributed by atoms with Gasteiger partial charge in [0, 0.05) is 24.6 Å². The zero-order valence-corrected chi connectivity index (χ0v) is 12.6. The molecule has 5 heteroatoms. The normalized spacial score (nSPS) is 14.5. The van der Waals surface area contributed by atoms with Gasteiger partial charge in [-0.1, -0.05) is 24.3 Å². The number of benzene rings is 2. The maximum atomic E-state index is 12.7. The molecular weight excluding hydrogens is 280 g/mol. The summed E-state index contributed by atoms with van der Waals surface area (Å²) >= 11 is 0. The molecule has 1 heterocycles. The molecule has 0 saturated carbocycles. The molecule has 1 N–H and O–H groups in total. The number of amides is 2. The molecule has 0 spiro atoms. The molecule has 0 radical (unpaired) electrons. The summed E-state index contributed by atoms with van der Waals surface area (Å²) in [6, 6.07) is 10.8. The third kappa shape index (κ3) is 2.23. The van der Waals surface area contributed by atoms with Crippen molar-refractivity contribution in [3.8, 4) is 0 Å². The first-order valence-corrected chi connectivity index (χ1v) is 7.27. The van der Waals surface area contributed by atoms with Gasteiger partial charge < -0.3 is 10.1 Å². The molecule has 0 bridgehead atoms. The predicted octanol–water partition coefficient (Wildman–Crippen LogP) is 1.95. The maximum Gasteiger partial charge on any atom is 0.259 e. The van der Waals surface area contributed by atoms with Gasteiger partial charge in [-0.05, 0) is 24.4 Å². The minimum Gasteiger partial charge on any atom is -0.383 e. The van der Waals surface area contributed by atoms with Gasteiger partial charge in [0.15, 0.2) is 0 Å². The summed E-state index contributed by atoms with van der Waals surface area (Å²) in [7, 11) is 1.58. The van der Waals surface area contributed by atoms with Crippen molar-refractivity contribution in [1.29, 1.82) is 0 Å². The monoisotopic (exact) mass is 298 g/mol. The molecule has 0 fully saturated rings. The summed E-state index contributed by atoms with van der Waals surface area (Å²) in [5.41, 5.74) is 1.46. The Morgan fingerprint density at radius 2 is 2.00 bits per heavy atom. The number of rotatable bonds is 5. The number of carbonyl (C=O) groups excluding carboxylic acids is 2. The Bertz CT molecular complexity index is 737. The quantitative estimate of drug-likeness (QED) is 0.858. The van der Waals surface area contributed by atoms with E-state index < -0.39 is 6.04 Å². The van der Waals surface area contributed by atoms with E-state index >= 15 is 0 Å². The van der Waals surface area contributed by atoms with Crippen molar-refractivity contribution in [2.75, 3.05) is 25.2 Å². The van der Waals surface area contributed by atoms with Crippen molar-refractivity contribution in [3.05, 3.63) is 42.0 Å². The molecule has 2 amide bonds. The average Bonchev–Trinajstić information content (AvgIpc) is 2.82. The van der Waals surface area contributed by atoms with E-state index in [1.807, 2.05) is 36.4 Å². The number of hydrogen-bond acceptors (Lipinski definition) is 3. The van der Waals surface area contributed by atoms with E-state index in [0.717, 1.165) is 16.5 Å². The third-order valence-corrected chi connectivity index (χ3v) is 3.96. The number of methoxy groups -OCH3 is 1. The van der Waals surface area contributed by atoms with Gasteiger partial charge in [-0.3, -0.25) is 14.5 Å². The highest BCUT2D eigenvalue weighted by molar-refractivity contribution is 6.26. The molecule has 22 heavy (non-hydrogen) atoms. The van der Waals surface area contributed by atoms with Crippen molar-refractivity contribution in [2.24, 2.45) is 0 Å². The first-order chi connectivity index (χ1) is 10.6. The smallest absolute Gasteiger partial charge is 0.259 e. The fraction of sp³-hybridized carbons (Fsp3) is 0.294. The summed E-state index contributed by atoms with van der Waals surface area (Å²) in [6.07, 6.45) is 0. The van der Waals surface area contributed by atoms with Crippen LogP contribution in [-0.2, 0) is 9.53 Å². The van der Waals surface area contributed by atoms with Crippen molar-refractivity contribution in [1.82, 2.24) is 5.32 Å². The predicted molar refractivity (Wildman–Crippen MR) is 85.1 cm³/mol. The van der Waals surface area contributed by atoms with E-state index in [0.29, 0.717) is 18.7 Å². The lowest BCUT2D eigenvalue weighted by Gasteiger charge is -2.24. The Morgan fingerprint density at radius 3 is 2.73 bits per heavy atom. The second-order valence-corrected chi connectivity index (χ2v) is 5.32. The number of anilines is 1. The average molecular weight is 298 g/mol. The lowest BCUT2D eigenvalue weighted by molar-refractivity contribution is -0.122. The van der Waals surface area contributed by atoms with Crippen LogP contribution in [-0.4, -0.2) is 38.1 Å². The first kappa shape index (κ1) is 14.5. The van der Waals surface area contributed by atoms with Crippen molar-refractivity contribution < 1.29 is 14.3 Å². The summed E-state index contributed by atoms with van der Waals surface area (Å²) in [4.78, 5) is 26.5. The number of hydrogen-bond donors (Lipinski definition) is 1. The minimum atomic E-state index is -0.567. The number of ether oxygens (including phenoxy) is 1. The van der Waals surface area contributed by atoms with E-state index in [1.54, 1.807) is 18.9 Å². The lowest BCUT2D eigenvalue weighted by Crippen LogP contribution is -2.47. The number of nitrogens with one attached hydrogen (secondary N) is 1. The second-order valence-electron chi connectivity index (χ2n) is 5.32. The van der Waals surface area contributed by atoms with Crippen LogP contribution in [0.5, 0.6) is 0 Å². The number of carbonyl (C=O) groups is 2. The van der Waals surface area contributed by atoms with Gasteiger partial charge in [0.2, 0.25) is 5.91 Å². The maximum absolute atomic E-state index is 12.7. The van der Waals surface area contributed by atoms with Crippen LogP contribution in [0.25, 0.3) is 10.8 Å². The Balaban J connectivity index is 1.92. The Morgan fingerprint density at radius 1 is 1.27 bits per heavy atom. The largest absolute Gasteiger partial charge is 0.383 e. The Labute approximate surface area is 128 Å². The van der Waals surface area contributed by atoms with Crippen molar-refractivity contribution in [2.45, 2.75) is 13.0 Å². The highest BCUT2D eigenvalue weighted by atomic mass is 16.5.